The third-order valence-electron chi connectivity index (χ3n) is 5.62. The molecule has 0 aromatic heterocycles. The van der Waals surface area contributed by atoms with E-state index in [2.05, 4.69) is 61.5 Å². The largest absolute Gasteiger partial charge is 0.0848 e. The van der Waals surface area contributed by atoms with Crippen LogP contribution in [0.4, 0.5) is 0 Å². The van der Waals surface area contributed by atoms with Crippen LogP contribution in [0.5, 0.6) is 0 Å². The molecular formula is C21H42. The first-order valence-corrected chi connectivity index (χ1v) is 9.52. The third kappa shape index (κ3) is 8.69. The molecule has 0 aliphatic rings. The SMILES string of the molecule is CCCCC(C)C(C)C(=CCC(C)C(C)C)CC(C)CC. The molecule has 4 atom stereocenters. The molecule has 0 aliphatic carbocycles. The normalized spacial score (nSPS) is 18.6. The van der Waals surface area contributed by atoms with E-state index in [1.807, 2.05) is 0 Å². The zero-order chi connectivity index (χ0) is 16.4. The van der Waals surface area contributed by atoms with E-state index in [4.69, 9.17) is 0 Å². The quantitative estimate of drug-likeness (QED) is 0.346. The molecule has 0 saturated carbocycles. The Morgan fingerprint density at radius 3 is 2.00 bits per heavy atom. The fraction of sp³-hybridized carbons (Fsp3) is 0.905. The molecule has 0 fully saturated rings. The zero-order valence-corrected chi connectivity index (χ0v) is 16.2. The standard InChI is InChI=1S/C21H42/c1-9-11-12-19(7)20(8)21(15-17(5)10-2)14-13-18(6)16(3)4/h14,16-20H,9-13,15H2,1-8H3. The van der Waals surface area contributed by atoms with Crippen molar-refractivity contribution >= 4 is 0 Å². The molecule has 0 rings (SSSR count). The Morgan fingerprint density at radius 2 is 1.52 bits per heavy atom. The lowest BCUT2D eigenvalue weighted by Crippen LogP contribution is -2.14. The number of rotatable bonds is 11. The van der Waals surface area contributed by atoms with Crippen molar-refractivity contribution in [2.24, 2.45) is 29.6 Å². The van der Waals surface area contributed by atoms with E-state index in [0.717, 1.165) is 29.6 Å². The van der Waals surface area contributed by atoms with Gasteiger partial charge in [-0.25, -0.2) is 0 Å². The van der Waals surface area contributed by atoms with Crippen molar-refractivity contribution in [2.75, 3.05) is 0 Å². The third-order valence-corrected chi connectivity index (χ3v) is 5.62. The predicted octanol–water partition coefficient (Wildman–Crippen LogP) is 7.49. The average molecular weight is 295 g/mol. The van der Waals surface area contributed by atoms with Gasteiger partial charge in [-0.05, 0) is 42.4 Å². The Balaban J connectivity index is 4.81. The monoisotopic (exact) mass is 294 g/mol. The summed E-state index contributed by atoms with van der Waals surface area (Å²) in [7, 11) is 0. The molecule has 4 unspecified atom stereocenters. The lowest BCUT2D eigenvalue weighted by molar-refractivity contribution is 0.371. The second kappa shape index (κ2) is 11.3. The maximum atomic E-state index is 2.60. The molecule has 0 bridgehead atoms. The summed E-state index contributed by atoms with van der Waals surface area (Å²) in [4.78, 5) is 0. The maximum absolute atomic E-state index is 2.60. The smallest absolute Gasteiger partial charge is 0.0206 e. The molecule has 0 nitrogen and oxygen atoms in total. The van der Waals surface area contributed by atoms with Crippen LogP contribution in [0.1, 0.15) is 93.9 Å². The van der Waals surface area contributed by atoms with Gasteiger partial charge in [0.05, 0.1) is 0 Å². The molecule has 0 amide bonds. The van der Waals surface area contributed by atoms with Crippen molar-refractivity contribution < 1.29 is 0 Å². The van der Waals surface area contributed by atoms with Gasteiger partial charge in [0.15, 0.2) is 0 Å². The summed E-state index contributed by atoms with van der Waals surface area (Å²) < 4.78 is 0. The van der Waals surface area contributed by atoms with Gasteiger partial charge in [0.1, 0.15) is 0 Å². The first-order chi connectivity index (χ1) is 9.83. The Labute approximate surface area is 135 Å². The topological polar surface area (TPSA) is 0 Å². The van der Waals surface area contributed by atoms with E-state index in [-0.39, 0.29) is 0 Å². The molecule has 0 aromatic rings. The lowest BCUT2D eigenvalue weighted by Gasteiger charge is -2.26. The Kier molecular flexibility index (Phi) is 11.2. The van der Waals surface area contributed by atoms with Crippen LogP contribution in [-0.4, -0.2) is 0 Å². The fourth-order valence-electron chi connectivity index (χ4n) is 2.75. The van der Waals surface area contributed by atoms with Crippen LogP contribution in [0.3, 0.4) is 0 Å². The Hall–Kier alpha value is -0.260. The Bertz CT molecular complexity index is 274. The molecule has 21 heavy (non-hydrogen) atoms. The van der Waals surface area contributed by atoms with E-state index in [1.165, 1.54) is 38.5 Å². The van der Waals surface area contributed by atoms with E-state index in [0.29, 0.717) is 0 Å². The van der Waals surface area contributed by atoms with Crippen molar-refractivity contribution in [1.29, 1.82) is 0 Å². The minimum absolute atomic E-state index is 0.755. The molecule has 0 spiro atoms. The van der Waals surface area contributed by atoms with Crippen LogP contribution in [0.2, 0.25) is 0 Å². The molecule has 0 aliphatic heterocycles. The van der Waals surface area contributed by atoms with E-state index in [9.17, 15) is 0 Å². The van der Waals surface area contributed by atoms with Gasteiger partial charge in [-0.1, -0.05) is 92.7 Å². The van der Waals surface area contributed by atoms with E-state index >= 15 is 0 Å². The zero-order valence-electron chi connectivity index (χ0n) is 16.2. The number of unbranched alkanes of at least 4 members (excludes halogenated alkanes) is 1. The maximum Gasteiger partial charge on any atom is -0.0206 e. The van der Waals surface area contributed by atoms with Crippen LogP contribution in [0, 0.1) is 29.6 Å². The Morgan fingerprint density at radius 1 is 0.905 bits per heavy atom. The highest BCUT2D eigenvalue weighted by atomic mass is 14.2. The summed E-state index contributed by atoms with van der Waals surface area (Å²) in [6.45, 7) is 19.0. The molecule has 126 valence electrons. The first kappa shape index (κ1) is 20.7. The molecule has 0 N–H and O–H groups in total. The molecule has 0 aromatic carbocycles. The second-order valence-corrected chi connectivity index (χ2v) is 7.86. The highest BCUT2D eigenvalue weighted by molar-refractivity contribution is 5.08. The van der Waals surface area contributed by atoms with Gasteiger partial charge in [-0.2, -0.15) is 0 Å². The van der Waals surface area contributed by atoms with Crippen molar-refractivity contribution in [3.05, 3.63) is 11.6 Å². The predicted molar refractivity (Wildman–Crippen MR) is 98.6 cm³/mol. The molecular weight excluding hydrogens is 252 g/mol. The molecule has 0 heteroatoms. The van der Waals surface area contributed by atoms with Crippen LogP contribution < -0.4 is 0 Å². The van der Waals surface area contributed by atoms with Gasteiger partial charge in [0, 0.05) is 0 Å². The first-order valence-electron chi connectivity index (χ1n) is 9.52. The number of hydrogen-bond acceptors (Lipinski definition) is 0. The van der Waals surface area contributed by atoms with E-state index in [1.54, 1.807) is 5.57 Å². The second-order valence-electron chi connectivity index (χ2n) is 7.86. The van der Waals surface area contributed by atoms with Gasteiger partial charge < -0.3 is 0 Å². The van der Waals surface area contributed by atoms with Gasteiger partial charge in [-0.3, -0.25) is 0 Å². The summed E-state index contributed by atoms with van der Waals surface area (Å²) >= 11 is 0. The molecule has 0 saturated heterocycles. The minimum atomic E-state index is 0.755. The molecule has 0 heterocycles. The van der Waals surface area contributed by atoms with Crippen molar-refractivity contribution in [1.82, 2.24) is 0 Å². The fourth-order valence-corrected chi connectivity index (χ4v) is 2.75. The van der Waals surface area contributed by atoms with Crippen molar-refractivity contribution in [3.8, 4) is 0 Å². The van der Waals surface area contributed by atoms with Crippen molar-refractivity contribution in [2.45, 2.75) is 93.9 Å². The van der Waals surface area contributed by atoms with Gasteiger partial charge >= 0.3 is 0 Å². The highest BCUT2D eigenvalue weighted by Crippen LogP contribution is 2.31. The van der Waals surface area contributed by atoms with Crippen molar-refractivity contribution in [3.63, 3.8) is 0 Å². The van der Waals surface area contributed by atoms with Crippen LogP contribution in [0.25, 0.3) is 0 Å². The number of hydrogen-bond donors (Lipinski definition) is 0. The van der Waals surface area contributed by atoms with Crippen LogP contribution >= 0.6 is 0 Å². The van der Waals surface area contributed by atoms with Gasteiger partial charge in [0.25, 0.3) is 0 Å². The van der Waals surface area contributed by atoms with E-state index < -0.39 is 0 Å². The lowest BCUT2D eigenvalue weighted by atomic mass is 9.80. The summed E-state index contributed by atoms with van der Waals surface area (Å²) in [6.07, 6.45) is 10.6. The van der Waals surface area contributed by atoms with Crippen LogP contribution in [0.15, 0.2) is 11.6 Å². The average Bonchev–Trinajstić information content (AvgIpc) is 2.47. The summed E-state index contributed by atoms with van der Waals surface area (Å²) in [6, 6.07) is 0. The summed E-state index contributed by atoms with van der Waals surface area (Å²) in [5, 5.41) is 0. The van der Waals surface area contributed by atoms with Gasteiger partial charge in [0.2, 0.25) is 0 Å². The minimum Gasteiger partial charge on any atom is -0.0848 e. The summed E-state index contributed by atoms with van der Waals surface area (Å²) in [5.74, 6) is 4.00. The summed E-state index contributed by atoms with van der Waals surface area (Å²) in [5.41, 5.74) is 1.74. The highest BCUT2D eigenvalue weighted by Gasteiger charge is 2.18. The van der Waals surface area contributed by atoms with Gasteiger partial charge in [-0.15, -0.1) is 0 Å². The van der Waals surface area contributed by atoms with Crippen LogP contribution in [-0.2, 0) is 0 Å². The molecule has 0 radical (unpaired) electrons. The number of allylic oxidation sites excluding steroid dienone is 2.